The summed E-state index contributed by atoms with van der Waals surface area (Å²) in [6.45, 7) is 3.40. The molecule has 1 aromatic carbocycles. The zero-order chi connectivity index (χ0) is 40.8. The van der Waals surface area contributed by atoms with Crippen molar-refractivity contribution in [3.8, 4) is 0 Å². The Morgan fingerprint density at radius 3 is 2.32 bits per heavy atom. The number of nitrogens with zero attached hydrogens (tertiary/aromatic N) is 3. The predicted molar refractivity (Wildman–Crippen MR) is 202 cm³/mol. The summed E-state index contributed by atoms with van der Waals surface area (Å²) < 4.78 is 34.3. The first kappa shape index (κ1) is 41.7. The molecule has 0 aromatic heterocycles. The topological polar surface area (TPSA) is 175 Å². The van der Waals surface area contributed by atoms with E-state index in [1.54, 1.807) is 0 Å². The average molecular weight is 797 g/mol. The van der Waals surface area contributed by atoms with Crippen molar-refractivity contribution in [1.82, 2.24) is 30.7 Å². The number of cyclic esters (lactones) is 1. The second-order valence-corrected chi connectivity index (χ2v) is 16.3. The van der Waals surface area contributed by atoms with Gasteiger partial charge in [-0.1, -0.05) is 19.1 Å². The summed E-state index contributed by atoms with van der Waals surface area (Å²) in [7, 11) is 0. The number of piperidine rings is 1. The van der Waals surface area contributed by atoms with Crippen molar-refractivity contribution in [2.45, 2.75) is 127 Å². The molecule has 0 spiro atoms. The highest BCUT2D eigenvalue weighted by atomic mass is 19.1. The standard InChI is InChI=1S/C41H54F2N6O8/c1-24-17-34-41(56)57-23-31(46-36(51)30(20-27-18-28(42)21-29(43)19-27)45-35(50)14-13-26-9-4-3-5-10-26)39(54)48-16-8-12-33(48)40(55)47-15-7-6-11-32(47)37(52)44-25(2)38(53)49(34)22-24/h4,9,18-19,21,24-26,30-34H,3,5-8,10-17,20,22-23H2,1-2H3,(H,44,52)(H,45,50)(H,46,51)/t24-,25+,26-,30+,31+,32+,33+,34+/m1/s1. The Labute approximate surface area is 331 Å². The van der Waals surface area contributed by atoms with Crippen LogP contribution < -0.4 is 16.0 Å². The van der Waals surface area contributed by atoms with Crippen LogP contribution in [0.5, 0.6) is 0 Å². The fourth-order valence-corrected chi connectivity index (χ4v) is 8.87. The molecule has 3 N–H and O–H groups in total. The van der Waals surface area contributed by atoms with Gasteiger partial charge in [-0.25, -0.2) is 13.6 Å². The molecule has 0 bridgehead atoms. The van der Waals surface area contributed by atoms with Crippen molar-refractivity contribution in [3.05, 3.63) is 47.5 Å². The van der Waals surface area contributed by atoms with Crippen molar-refractivity contribution in [2.24, 2.45) is 11.8 Å². The molecule has 0 radical (unpaired) electrons. The van der Waals surface area contributed by atoms with Crippen LogP contribution in [0, 0.1) is 23.5 Å². The number of esters is 1. The molecule has 6 rings (SSSR count). The van der Waals surface area contributed by atoms with Gasteiger partial charge in [-0.2, -0.15) is 0 Å². The van der Waals surface area contributed by atoms with Crippen LogP contribution in [0.15, 0.2) is 30.4 Å². The largest absolute Gasteiger partial charge is 0.461 e. The van der Waals surface area contributed by atoms with E-state index in [-0.39, 0.29) is 56.3 Å². The number of fused-ring (bicyclic) bond motifs is 3. The number of hydrogen-bond donors (Lipinski definition) is 3. The van der Waals surface area contributed by atoms with Crippen LogP contribution in [-0.4, -0.2) is 119 Å². The average Bonchev–Trinajstić information content (AvgIpc) is 3.84. The lowest BCUT2D eigenvalue weighted by atomic mass is 9.92. The SMILES string of the molecule is C[C@@H]1C[C@H]2C(=O)OC[C@H](NC(=O)[C@H](Cc3cc(F)cc(F)c3)NC(=O)CC[C@@H]3C=CCCC3)C(=O)N3CCC[C@H]3C(=O)N3CCCC[C@H]3C(=O)N[C@@H](C)C(=O)N2C1. The summed E-state index contributed by atoms with van der Waals surface area (Å²) in [5.74, 6) is -5.94. The Morgan fingerprint density at radius 1 is 0.860 bits per heavy atom. The normalized spacial score (nSPS) is 29.2. The highest BCUT2D eigenvalue weighted by Crippen LogP contribution is 2.28. The number of nitrogens with one attached hydrogen (secondary N) is 3. The smallest absolute Gasteiger partial charge is 0.328 e. The number of carbonyl (C=O) groups is 7. The van der Waals surface area contributed by atoms with E-state index >= 15 is 0 Å². The second-order valence-electron chi connectivity index (χ2n) is 16.3. The molecular formula is C41H54F2N6O8. The van der Waals surface area contributed by atoms with Gasteiger partial charge in [0.2, 0.25) is 35.4 Å². The monoisotopic (exact) mass is 796 g/mol. The van der Waals surface area contributed by atoms with E-state index in [2.05, 4.69) is 28.1 Å². The first-order valence-electron chi connectivity index (χ1n) is 20.4. The number of amides is 6. The lowest BCUT2D eigenvalue weighted by Crippen LogP contribution is -2.62. The van der Waals surface area contributed by atoms with Gasteiger partial charge >= 0.3 is 5.97 Å². The number of hydrogen-bond acceptors (Lipinski definition) is 8. The van der Waals surface area contributed by atoms with Gasteiger partial charge < -0.3 is 35.4 Å². The summed E-state index contributed by atoms with van der Waals surface area (Å²) >= 11 is 0. The molecule has 4 saturated heterocycles. The summed E-state index contributed by atoms with van der Waals surface area (Å²) in [5.41, 5.74) is 0.0820. The first-order chi connectivity index (χ1) is 27.3. The highest BCUT2D eigenvalue weighted by molar-refractivity contribution is 5.97. The molecule has 8 atom stereocenters. The van der Waals surface area contributed by atoms with E-state index in [4.69, 9.17) is 4.74 Å². The molecule has 0 unspecified atom stereocenters. The molecule has 6 amide bonds. The summed E-state index contributed by atoms with van der Waals surface area (Å²) in [6.07, 6.45) is 10.0. The third kappa shape index (κ3) is 10.2. The second kappa shape index (κ2) is 18.6. The van der Waals surface area contributed by atoms with E-state index in [1.165, 1.54) is 21.6 Å². The lowest BCUT2D eigenvalue weighted by molar-refractivity contribution is -0.158. The van der Waals surface area contributed by atoms with Crippen LogP contribution in [-0.2, 0) is 44.7 Å². The molecule has 310 valence electrons. The number of benzene rings is 1. The van der Waals surface area contributed by atoms with Gasteiger partial charge in [0.25, 0.3) is 0 Å². The number of halogens is 2. The fourth-order valence-electron chi connectivity index (χ4n) is 8.87. The zero-order valence-corrected chi connectivity index (χ0v) is 32.7. The van der Waals surface area contributed by atoms with Crippen molar-refractivity contribution in [2.75, 3.05) is 26.2 Å². The van der Waals surface area contributed by atoms with Crippen LogP contribution in [0.3, 0.4) is 0 Å². The van der Waals surface area contributed by atoms with Gasteiger partial charge in [-0.15, -0.1) is 0 Å². The summed E-state index contributed by atoms with van der Waals surface area (Å²) in [5, 5.41) is 8.09. The zero-order valence-electron chi connectivity index (χ0n) is 32.7. The van der Waals surface area contributed by atoms with Crippen molar-refractivity contribution < 1.29 is 47.1 Å². The van der Waals surface area contributed by atoms with Gasteiger partial charge in [0.05, 0.1) is 0 Å². The maximum absolute atomic E-state index is 14.5. The Balaban J connectivity index is 1.29. The van der Waals surface area contributed by atoms with E-state index in [9.17, 15) is 42.3 Å². The quantitative estimate of drug-likeness (QED) is 0.266. The van der Waals surface area contributed by atoms with E-state index < -0.39 is 95.9 Å². The first-order valence-corrected chi connectivity index (χ1v) is 20.4. The van der Waals surface area contributed by atoms with E-state index in [0.717, 1.165) is 31.4 Å². The van der Waals surface area contributed by atoms with Gasteiger partial charge in [0.15, 0.2) is 0 Å². The van der Waals surface area contributed by atoms with Crippen molar-refractivity contribution in [3.63, 3.8) is 0 Å². The number of allylic oxidation sites excluding steroid dienone is 2. The molecule has 16 heteroatoms. The van der Waals surface area contributed by atoms with Gasteiger partial charge in [0.1, 0.15) is 54.5 Å². The minimum Gasteiger partial charge on any atom is -0.461 e. The predicted octanol–water partition coefficient (Wildman–Crippen LogP) is 2.28. The van der Waals surface area contributed by atoms with Crippen LogP contribution >= 0.6 is 0 Å². The third-order valence-corrected chi connectivity index (χ3v) is 11.8. The lowest BCUT2D eigenvalue weighted by Gasteiger charge is -2.39. The molecule has 4 aliphatic heterocycles. The number of ether oxygens (including phenoxy) is 1. The van der Waals surface area contributed by atoms with Crippen molar-refractivity contribution >= 4 is 41.4 Å². The molecule has 5 aliphatic rings. The summed E-state index contributed by atoms with van der Waals surface area (Å²) in [6, 6.07) is -4.01. The van der Waals surface area contributed by atoms with Gasteiger partial charge in [0, 0.05) is 38.5 Å². The Hall–Kier alpha value is -4.89. The molecule has 4 heterocycles. The molecule has 0 saturated carbocycles. The van der Waals surface area contributed by atoms with Crippen LogP contribution in [0.2, 0.25) is 0 Å². The molecule has 57 heavy (non-hydrogen) atoms. The minimum atomic E-state index is -1.54. The van der Waals surface area contributed by atoms with Crippen LogP contribution in [0.1, 0.15) is 90.0 Å². The molecule has 4 fully saturated rings. The molecule has 1 aliphatic carbocycles. The van der Waals surface area contributed by atoms with E-state index in [1.807, 2.05) is 6.92 Å². The number of carbonyl (C=O) groups excluding carboxylic acids is 7. The molecular weight excluding hydrogens is 742 g/mol. The van der Waals surface area contributed by atoms with Crippen molar-refractivity contribution in [1.29, 1.82) is 0 Å². The fraction of sp³-hybridized carbons (Fsp3) is 0.634. The van der Waals surface area contributed by atoms with E-state index in [0.29, 0.717) is 44.6 Å². The maximum Gasteiger partial charge on any atom is 0.328 e. The molecule has 14 nitrogen and oxygen atoms in total. The highest BCUT2D eigenvalue weighted by Gasteiger charge is 2.46. The van der Waals surface area contributed by atoms with Crippen LogP contribution in [0.25, 0.3) is 0 Å². The maximum atomic E-state index is 14.5. The molecule has 1 aromatic rings. The Bertz CT molecular complexity index is 1740. The van der Waals surface area contributed by atoms with Gasteiger partial charge in [-0.3, -0.25) is 28.8 Å². The Morgan fingerprint density at radius 2 is 1.58 bits per heavy atom. The minimum absolute atomic E-state index is 0.0804. The van der Waals surface area contributed by atoms with Gasteiger partial charge in [-0.05, 0) is 101 Å². The Kier molecular flexibility index (Phi) is 13.6. The summed E-state index contributed by atoms with van der Waals surface area (Å²) in [4.78, 5) is 101. The van der Waals surface area contributed by atoms with Crippen LogP contribution in [0.4, 0.5) is 8.78 Å². The number of rotatable bonds is 8. The third-order valence-electron chi connectivity index (χ3n) is 11.8.